The van der Waals surface area contributed by atoms with Gasteiger partial charge in [0.05, 0.1) is 5.56 Å². The normalized spacial score (nSPS) is 8.16. The van der Waals surface area contributed by atoms with E-state index >= 15 is 0 Å². The Labute approximate surface area is 122 Å². The van der Waals surface area contributed by atoms with Crippen molar-refractivity contribution in [2.24, 2.45) is 0 Å². The number of nitrogens with one attached hydrogen (secondary N) is 2. The first-order valence-corrected chi connectivity index (χ1v) is 7.18. The molecule has 0 saturated heterocycles. The van der Waals surface area contributed by atoms with Crippen LogP contribution in [0.1, 0.15) is 52.8 Å². The minimum absolute atomic E-state index is 0.181. The number of aryl methyl sites for hydroxylation is 1. The van der Waals surface area contributed by atoms with Gasteiger partial charge in [-0.25, -0.2) is 0 Å². The van der Waals surface area contributed by atoms with E-state index in [1.165, 1.54) is 0 Å². The summed E-state index contributed by atoms with van der Waals surface area (Å²) in [5.41, 5.74) is 1.15. The maximum Gasteiger partial charge on any atom is 0.259 e. The molecule has 0 saturated carbocycles. The molecular formula is C15H28N2OS. The third-order valence-corrected chi connectivity index (χ3v) is 1.78. The number of aromatic amines is 2. The number of hydrogen-bond acceptors (Lipinski definition) is 2. The van der Waals surface area contributed by atoms with Crippen molar-refractivity contribution in [1.29, 1.82) is 0 Å². The second kappa shape index (κ2) is 16.6. The lowest BCUT2D eigenvalue weighted by Gasteiger charge is -1.97. The number of rotatable bonds is 2. The van der Waals surface area contributed by atoms with Crippen LogP contribution in [0.2, 0.25) is 0 Å². The van der Waals surface area contributed by atoms with E-state index in [4.69, 9.17) is 12.2 Å². The molecule has 0 fully saturated rings. The zero-order chi connectivity index (χ0) is 15.8. The van der Waals surface area contributed by atoms with Crippen molar-refractivity contribution in [3.8, 4) is 0 Å². The summed E-state index contributed by atoms with van der Waals surface area (Å²) in [6.07, 6.45) is 5.00. The van der Waals surface area contributed by atoms with Gasteiger partial charge in [-0.05, 0) is 25.2 Å². The minimum Gasteiger partial charge on any atom is -0.336 e. The van der Waals surface area contributed by atoms with E-state index < -0.39 is 0 Å². The molecule has 0 atom stereocenters. The SMILES string of the molecule is C=C/C=C\c1c(C)[nH]c(=S)[nH]c1=O.CC.CC.CC. The van der Waals surface area contributed by atoms with Crippen molar-refractivity contribution in [1.82, 2.24) is 9.97 Å². The topological polar surface area (TPSA) is 48.6 Å². The molecule has 0 unspecified atom stereocenters. The molecule has 1 aromatic rings. The van der Waals surface area contributed by atoms with Crippen LogP contribution in [0.25, 0.3) is 6.08 Å². The summed E-state index contributed by atoms with van der Waals surface area (Å²) in [5.74, 6) is 0. The molecule has 0 aliphatic heterocycles. The number of H-pyrrole nitrogens is 2. The molecular weight excluding hydrogens is 256 g/mol. The van der Waals surface area contributed by atoms with E-state index in [1.54, 1.807) is 25.2 Å². The fourth-order valence-electron chi connectivity index (χ4n) is 0.975. The zero-order valence-corrected chi connectivity index (χ0v) is 14.1. The molecule has 0 bridgehead atoms. The van der Waals surface area contributed by atoms with Gasteiger partial charge >= 0.3 is 0 Å². The Morgan fingerprint density at radius 3 is 1.89 bits per heavy atom. The molecule has 4 heteroatoms. The first-order valence-electron chi connectivity index (χ1n) is 6.77. The first-order chi connectivity index (χ1) is 9.15. The summed E-state index contributed by atoms with van der Waals surface area (Å²) in [6.45, 7) is 17.3. The Morgan fingerprint density at radius 1 is 1.05 bits per heavy atom. The van der Waals surface area contributed by atoms with Gasteiger partial charge < -0.3 is 4.98 Å². The standard InChI is InChI=1S/C9H10N2OS.3C2H6/c1-3-4-5-7-6(2)10-9(13)11-8(7)12;3*1-2/h3-5H,1H2,2H3,(H2,10,11,12,13);3*1-2H3/b5-4-;;;. The highest BCUT2D eigenvalue weighted by Crippen LogP contribution is 1.99. The van der Waals surface area contributed by atoms with Gasteiger partial charge in [-0.15, -0.1) is 0 Å². The van der Waals surface area contributed by atoms with E-state index in [0.29, 0.717) is 10.3 Å². The van der Waals surface area contributed by atoms with Crippen LogP contribution in [0.3, 0.4) is 0 Å². The molecule has 0 aliphatic carbocycles. The summed E-state index contributed by atoms with van der Waals surface area (Å²) in [6, 6.07) is 0. The Morgan fingerprint density at radius 2 is 1.53 bits per heavy atom. The van der Waals surface area contributed by atoms with Gasteiger partial charge in [0, 0.05) is 5.69 Å². The summed E-state index contributed by atoms with van der Waals surface area (Å²) in [5, 5.41) is 0. The van der Waals surface area contributed by atoms with E-state index in [0.717, 1.165) is 5.69 Å². The smallest absolute Gasteiger partial charge is 0.259 e. The van der Waals surface area contributed by atoms with Crippen molar-refractivity contribution in [3.63, 3.8) is 0 Å². The molecule has 0 radical (unpaired) electrons. The van der Waals surface area contributed by atoms with Crippen LogP contribution in [-0.2, 0) is 0 Å². The molecule has 0 aliphatic rings. The number of aromatic nitrogens is 2. The third kappa shape index (κ3) is 10.2. The Balaban J connectivity index is -0.000000375. The largest absolute Gasteiger partial charge is 0.336 e. The molecule has 19 heavy (non-hydrogen) atoms. The fraction of sp³-hybridized carbons (Fsp3) is 0.467. The van der Waals surface area contributed by atoms with E-state index in [9.17, 15) is 4.79 Å². The highest BCUT2D eigenvalue weighted by Gasteiger charge is 1.98. The second-order valence-corrected chi connectivity index (χ2v) is 2.95. The van der Waals surface area contributed by atoms with E-state index in [-0.39, 0.29) is 5.56 Å². The van der Waals surface area contributed by atoms with Crippen molar-refractivity contribution in [3.05, 3.63) is 45.1 Å². The first kappa shape index (κ1) is 22.7. The second-order valence-electron chi connectivity index (χ2n) is 2.54. The summed E-state index contributed by atoms with van der Waals surface area (Å²) < 4.78 is 0.346. The monoisotopic (exact) mass is 284 g/mol. The Hall–Kier alpha value is -1.42. The average molecular weight is 284 g/mol. The van der Waals surface area contributed by atoms with Crippen LogP contribution in [-0.4, -0.2) is 9.97 Å². The highest BCUT2D eigenvalue weighted by molar-refractivity contribution is 7.71. The van der Waals surface area contributed by atoms with E-state index in [2.05, 4.69) is 16.5 Å². The quantitative estimate of drug-likeness (QED) is 0.592. The van der Waals surface area contributed by atoms with Gasteiger partial charge in [-0.2, -0.15) is 0 Å². The Bertz CT molecular complexity index is 456. The predicted molar refractivity (Wildman–Crippen MR) is 90.3 cm³/mol. The predicted octanol–water partition coefficient (Wildman–Crippen LogP) is 5.02. The lowest BCUT2D eigenvalue weighted by molar-refractivity contribution is 1.03. The molecule has 1 rings (SSSR count). The zero-order valence-electron chi connectivity index (χ0n) is 13.3. The molecule has 2 N–H and O–H groups in total. The van der Waals surface area contributed by atoms with Crippen molar-refractivity contribution in [2.45, 2.75) is 48.5 Å². The van der Waals surface area contributed by atoms with Crippen molar-refractivity contribution in [2.75, 3.05) is 0 Å². The Kier molecular flexibility index (Phi) is 19.8. The average Bonchev–Trinajstić information content (AvgIpc) is 2.44. The van der Waals surface area contributed by atoms with Crippen molar-refractivity contribution < 1.29 is 0 Å². The molecule has 0 spiro atoms. The molecule has 110 valence electrons. The van der Waals surface area contributed by atoms with Gasteiger partial charge in [0.1, 0.15) is 0 Å². The molecule has 1 aromatic heterocycles. The molecule has 0 aromatic carbocycles. The molecule has 1 heterocycles. The van der Waals surface area contributed by atoms with Crippen LogP contribution >= 0.6 is 12.2 Å². The number of hydrogen-bond donors (Lipinski definition) is 2. The van der Waals surface area contributed by atoms with Gasteiger partial charge in [0.2, 0.25) is 0 Å². The maximum atomic E-state index is 11.3. The summed E-state index contributed by atoms with van der Waals surface area (Å²) in [7, 11) is 0. The minimum atomic E-state index is -0.181. The van der Waals surface area contributed by atoms with Crippen LogP contribution < -0.4 is 5.56 Å². The van der Waals surface area contributed by atoms with Gasteiger partial charge in [0.25, 0.3) is 5.56 Å². The van der Waals surface area contributed by atoms with Gasteiger partial charge in [-0.1, -0.05) is 60.3 Å². The lowest BCUT2D eigenvalue weighted by atomic mass is 10.2. The molecule has 0 amide bonds. The summed E-state index contributed by atoms with van der Waals surface area (Å²) in [4.78, 5) is 16.7. The van der Waals surface area contributed by atoms with Gasteiger partial charge in [-0.3, -0.25) is 9.78 Å². The lowest BCUT2D eigenvalue weighted by Crippen LogP contribution is -2.12. The third-order valence-electron chi connectivity index (χ3n) is 1.58. The maximum absolute atomic E-state index is 11.3. The number of allylic oxidation sites excluding steroid dienone is 2. The van der Waals surface area contributed by atoms with Crippen LogP contribution in [0.5, 0.6) is 0 Å². The molecule has 3 nitrogen and oxygen atoms in total. The highest BCUT2D eigenvalue weighted by atomic mass is 32.1. The summed E-state index contributed by atoms with van der Waals surface area (Å²) >= 11 is 4.80. The van der Waals surface area contributed by atoms with E-state index in [1.807, 2.05) is 41.5 Å². The van der Waals surface area contributed by atoms with Crippen molar-refractivity contribution >= 4 is 18.3 Å². The van der Waals surface area contributed by atoms with Crippen LogP contribution in [0, 0.1) is 11.7 Å². The van der Waals surface area contributed by atoms with Crippen LogP contribution in [0.4, 0.5) is 0 Å². The fourth-order valence-corrected chi connectivity index (χ4v) is 1.22. The van der Waals surface area contributed by atoms with Crippen LogP contribution in [0.15, 0.2) is 23.5 Å². The van der Waals surface area contributed by atoms with Gasteiger partial charge in [0.15, 0.2) is 4.77 Å².